The Kier molecular flexibility index (Phi) is 6.54. The summed E-state index contributed by atoms with van der Waals surface area (Å²) in [5.74, 6) is 0.491. The molecule has 7 heteroatoms. The highest BCUT2D eigenvalue weighted by Gasteiger charge is 2.11. The Labute approximate surface area is 142 Å². The van der Waals surface area contributed by atoms with Crippen molar-refractivity contribution < 1.29 is 4.79 Å². The van der Waals surface area contributed by atoms with Crippen molar-refractivity contribution in [1.82, 2.24) is 24.4 Å². The Morgan fingerprint density at radius 2 is 2.12 bits per heavy atom. The van der Waals surface area contributed by atoms with Crippen molar-refractivity contribution in [3.63, 3.8) is 0 Å². The zero-order chi connectivity index (χ0) is 17.5. The van der Waals surface area contributed by atoms with Gasteiger partial charge in [0.1, 0.15) is 17.9 Å². The maximum atomic E-state index is 12.3. The van der Waals surface area contributed by atoms with E-state index in [1.807, 2.05) is 6.92 Å². The molecule has 132 valence electrons. The molecule has 0 aliphatic heterocycles. The van der Waals surface area contributed by atoms with Crippen molar-refractivity contribution >= 4 is 11.4 Å². The molecule has 0 atom stereocenters. The van der Waals surface area contributed by atoms with Crippen LogP contribution in [0.3, 0.4) is 0 Å². The van der Waals surface area contributed by atoms with Crippen LogP contribution in [0.2, 0.25) is 0 Å². The molecular formula is C17H27N5O2. The summed E-state index contributed by atoms with van der Waals surface area (Å²) in [7, 11) is 0. The van der Waals surface area contributed by atoms with Crippen LogP contribution >= 0.6 is 0 Å². The fourth-order valence-corrected chi connectivity index (χ4v) is 2.70. The average molecular weight is 333 g/mol. The molecule has 2 heterocycles. The summed E-state index contributed by atoms with van der Waals surface area (Å²) in [5.41, 5.74) is 0.283. The molecule has 0 bridgehead atoms. The van der Waals surface area contributed by atoms with E-state index >= 15 is 0 Å². The third-order valence-corrected chi connectivity index (χ3v) is 4.14. The molecule has 0 saturated heterocycles. The number of unbranched alkanes of at least 4 members (excludes halogenated alkanes) is 1. The van der Waals surface area contributed by atoms with Gasteiger partial charge in [0.2, 0.25) is 5.91 Å². The van der Waals surface area contributed by atoms with Gasteiger partial charge >= 0.3 is 0 Å². The van der Waals surface area contributed by atoms with Crippen LogP contribution in [-0.2, 0) is 11.3 Å². The number of hydrogen-bond donors (Lipinski definition) is 1. The van der Waals surface area contributed by atoms with E-state index in [9.17, 15) is 9.59 Å². The third kappa shape index (κ3) is 4.44. The Morgan fingerprint density at radius 1 is 1.33 bits per heavy atom. The number of likely N-dealkylation sites (N-methyl/N-ethyl adjacent to an activating group) is 1. The lowest BCUT2D eigenvalue weighted by atomic mass is 10.3. The van der Waals surface area contributed by atoms with Gasteiger partial charge in [0.15, 0.2) is 0 Å². The molecule has 0 aromatic carbocycles. The molecule has 0 saturated carbocycles. The van der Waals surface area contributed by atoms with Gasteiger partial charge in [-0.3, -0.25) is 14.0 Å². The monoisotopic (exact) mass is 333 g/mol. The average Bonchev–Trinajstić information content (AvgIpc) is 3.06. The first kappa shape index (κ1) is 18.2. The molecule has 2 rings (SSSR count). The van der Waals surface area contributed by atoms with E-state index in [0.717, 1.165) is 26.1 Å². The second kappa shape index (κ2) is 8.63. The van der Waals surface area contributed by atoms with Gasteiger partial charge in [-0.15, -0.1) is 0 Å². The molecule has 0 aliphatic carbocycles. The smallest absolute Gasteiger partial charge is 0.291 e. The van der Waals surface area contributed by atoms with E-state index in [4.69, 9.17) is 0 Å². The molecule has 0 radical (unpaired) electrons. The summed E-state index contributed by atoms with van der Waals surface area (Å²) in [6, 6.07) is 3.53. The number of amides is 1. The van der Waals surface area contributed by atoms with Gasteiger partial charge in [0, 0.05) is 19.3 Å². The van der Waals surface area contributed by atoms with Crippen molar-refractivity contribution in [2.75, 3.05) is 26.2 Å². The standard InChI is InChI=1S/C17H27N5O2/c1-4-6-10-20(5-2)12-9-18-16(23)13-22-17(24)15-8-7-11-21(15)14(3)19-22/h7-8,11H,4-6,9-10,12-13H2,1-3H3,(H,18,23). The zero-order valence-electron chi connectivity index (χ0n) is 14.8. The van der Waals surface area contributed by atoms with Gasteiger partial charge in [0.05, 0.1) is 0 Å². The van der Waals surface area contributed by atoms with Gasteiger partial charge in [0.25, 0.3) is 5.56 Å². The van der Waals surface area contributed by atoms with Crippen LogP contribution in [0, 0.1) is 6.92 Å². The fraction of sp³-hybridized carbons (Fsp3) is 0.588. The molecule has 0 aliphatic rings. The maximum Gasteiger partial charge on any atom is 0.291 e. The van der Waals surface area contributed by atoms with E-state index in [2.05, 4.69) is 29.2 Å². The molecule has 2 aromatic rings. The van der Waals surface area contributed by atoms with Crippen molar-refractivity contribution in [3.8, 4) is 0 Å². The highest BCUT2D eigenvalue weighted by atomic mass is 16.2. The Bertz CT molecular complexity index is 734. The first-order valence-electron chi connectivity index (χ1n) is 8.60. The topological polar surface area (TPSA) is 71.6 Å². The molecular weight excluding hydrogens is 306 g/mol. The Hall–Kier alpha value is -2.15. The number of fused-ring (bicyclic) bond motifs is 1. The Morgan fingerprint density at radius 3 is 2.83 bits per heavy atom. The second-order valence-electron chi connectivity index (χ2n) is 5.91. The molecule has 1 N–H and O–H groups in total. The van der Waals surface area contributed by atoms with Crippen molar-refractivity contribution in [1.29, 1.82) is 0 Å². The largest absolute Gasteiger partial charge is 0.353 e. The molecule has 0 spiro atoms. The van der Waals surface area contributed by atoms with Crippen molar-refractivity contribution in [2.45, 2.75) is 40.2 Å². The summed E-state index contributed by atoms with van der Waals surface area (Å²) in [4.78, 5) is 26.7. The predicted octanol–water partition coefficient (Wildman–Crippen LogP) is 1.04. The normalized spacial score (nSPS) is 11.3. The van der Waals surface area contributed by atoms with Gasteiger partial charge in [-0.1, -0.05) is 20.3 Å². The van der Waals surface area contributed by atoms with Crippen LogP contribution in [0.4, 0.5) is 0 Å². The summed E-state index contributed by atoms with van der Waals surface area (Å²) in [6.07, 6.45) is 4.12. The van der Waals surface area contributed by atoms with E-state index in [1.54, 1.807) is 22.7 Å². The number of hydrogen-bond acceptors (Lipinski definition) is 4. The number of nitrogens with zero attached hydrogens (tertiary/aromatic N) is 4. The third-order valence-electron chi connectivity index (χ3n) is 4.14. The second-order valence-corrected chi connectivity index (χ2v) is 5.91. The minimum absolute atomic E-state index is 0.0531. The quantitative estimate of drug-likeness (QED) is 0.744. The zero-order valence-corrected chi connectivity index (χ0v) is 14.8. The van der Waals surface area contributed by atoms with Crippen LogP contribution in [0.5, 0.6) is 0 Å². The minimum atomic E-state index is -0.251. The van der Waals surface area contributed by atoms with Gasteiger partial charge < -0.3 is 10.2 Å². The summed E-state index contributed by atoms with van der Waals surface area (Å²) >= 11 is 0. The number of aromatic nitrogens is 3. The predicted molar refractivity (Wildman–Crippen MR) is 94.2 cm³/mol. The van der Waals surface area contributed by atoms with E-state index < -0.39 is 0 Å². The van der Waals surface area contributed by atoms with Gasteiger partial charge in [-0.25, -0.2) is 4.68 Å². The minimum Gasteiger partial charge on any atom is -0.353 e. The Balaban J connectivity index is 1.91. The van der Waals surface area contributed by atoms with Crippen LogP contribution < -0.4 is 10.9 Å². The molecule has 24 heavy (non-hydrogen) atoms. The first-order chi connectivity index (χ1) is 11.6. The van der Waals surface area contributed by atoms with Crippen LogP contribution in [-0.4, -0.2) is 51.2 Å². The SMILES string of the molecule is CCCCN(CC)CCNC(=O)Cn1nc(C)n2cccc2c1=O. The summed E-state index contributed by atoms with van der Waals surface area (Å²) < 4.78 is 2.96. The van der Waals surface area contributed by atoms with E-state index in [-0.39, 0.29) is 18.0 Å². The fourth-order valence-electron chi connectivity index (χ4n) is 2.70. The van der Waals surface area contributed by atoms with Crippen LogP contribution in [0.1, 0.15) is 32.5 Å². The van der Waals surface area contributed by atoms with Crippen LogP contribution in [0.25, 0.3) is 5.52 Å². The number of carbonyl (C=O) groups excluding carboxylic acids is 1. The summed E-state index contributed by atoms with van der Waals surface area (Å²) in [5, 5.41) is 7.08. The van der Waals surface area contributed by atoms with Gasteiger partial charge in [-0.2, -0.15) is 5.10 Å². The number of carbonyl (C=O) groups is 1. The first-order valence-corrected chi connectivity index (χ1v) is 8.60. The highest BCUT2D eigenvalue weighted by Crippen LogP contribution is 2.00. The van der Waals surface area contributed by atoms with Crippen molar-refractivity contribution in [3.05, 3.63) is 34.5 Å². The molecule has 0 unspecified atom stereocenters. The lowest BCUT2D eigenvalue weighted by molar-refractivity contribution is -0.121. The highest BCUT2D eigenvalue weighted by molar-refractivity contribution is 5.75. The molecule has 1 amide bonds. The van der Waals surface area contributed by atoms with Gasteiger partial charge in [-0.05, 0) is 38.6 Å². The molecule has 2 aromatic heterocycles. The summed E-state index contributed by atoms with van der Waals surface area (Å²) in [6.45, 7) is 9.48. The van der Waals surface area contributed by atoms with E-state index in [1.165, 1.54) is 11.1 Å². The maximum absolute atomic E-state index is 12.3. The lowest BCUT2D eigenvalue weighted by Crippen LogP contribution is -2.39. The molecule has 0 fully saturated rings. The number of aryl methyl sites for hydroxylation is 1. The number of rotatable bonds is 9. The number of nitrogens with one attached hydrogen (secondary N) is 1. The molecule has 7 nitrogen and oxygen atoms in total. The van der Waals surface area contributed by atoms with E-state index in [0.29, 0.717) is 17.9 Å². The van der Waals surface area contributed by atoms with Crippen LogP contribution in [0.15, 0.2) is 23.1 Å². The lowest BCUT2D eigenvalue weighted by Gasteiger charge is -2.20. The van der Waals surface area contributed by atoms with Crippen molar-refractivity contribution in [2.24, 2.45) is 0 Å².